The predicted molar refractivity (Wildman–Crippen MR) is 122 cm³/mol. The van der Waals surface area contributed by atoms with Crippen LogP contribution < -0.4 is 10.6 Å². The van der Waals surface area contributed by atoms with Crippen molar-refractivity contribution >= 4 is 35.7 Å². The van der Waals surface area contributed by atoms with E-state index in [0.29, 0.717) is 6.54 Å². The second-order valence-corrected chi connectivity index (χ2v) is 8.48. The number of amides is 2. The van der Waals surface area contributed by atoms with Gasteiger partial charge in [-0.3, -0.25) is 4.90 Å². The SMILES string of the molecule is Cl.NC[C@]1(c2cccc(Cl)c2)CC[C@@H](N2CCCN(c3ccccc3)C2=O)CC1. The number of halogens is 2. The molecule has 0 aromatic heterocycles. The fourth-order valence-electron chi connectivity index (χ4n) is 4.83. The zero-order valence-electron chi connectivity index (χ0n) is 16.6. The molecule has 29 heavy (non-hydrogen) atoms. The monoisotopic (exact) mass is 433 g/mol. The van der Waals surface area contributed by atoms with E-state index >= 15 is 0 Å². The molecule has 1 aliphatic carbocycles. The van der Waals surface area contributed by atoms with Gasteiger partial charge in [-0.05, 0) is 61.9 Å². The molecule has 2 fully saturated rings. The van der Waals surface area contributed by atoms with E-state index in [0.717, 1.165) is 55.9 Å². The van der Waals surface area contributed by atoms with Crippen LogP contribution in [0.3, 0.4) is 0 Å². The smallest absolute Gasteiger partial charge is 0.324 e. The standard InChI is InChI=1S/C23H28ClN3O.ClH/c24-19-7-4-6-18(16-19)23(17-25)12-10-21(11-13-23)27-15-5-14-26(22(27)28)20-8-2-1-3-9-20;/h1-4,6-9,16,21H,5,10-15,17,25H2;1H/t21-,23+;. The van der Waals surface area contributed by atoms with Crippen LogP contribution in [0.15, 0.2) is 54.6 Å². The van der Waals surface area contributed by atoms with Gasteiger partial charge >= 0.3 is 6.03 Å². The van der Waals surface area contributed by atoms with E-state index in [-0.39, 0.29) is 29.9 Å². The van der Waals surface area contributed by atoms with E-state index < -0.39 is 0 Å². The molecule has 4 rings (SSSR count). The van der Waals surface area contributed by atoms with E-state index in [2.05, 4.69) is 17.0 Å². The maximum atomic E-state index is 13.2. The quantitative estimate of drug-likeness (QED) is 0.716. The summed E-state index contributed by atoms with van der Waals surface area (Å²) in [6, 6.07) is 18.5. The van der Waals surface area contributed by atoms with Crippen LogP contribution in [-0.2, 0) is 5.41 Å². The summed E-state index contributed by atoms with van der Waals surface area (Å²) in [6.07, 6.45) is 4.96. The molecule has 0 atom stereocenters. The molecule has 6 heteroatoms. The number of anilines is 1. The lowest BCUT2D eigenvalue weighted by molar-refractivity contribution is 0.131. The van der Waals surface area contributed by atoms with Crippen LogP contribution in [0.1, 0.15) is 37.7 Å². The molecule has 2 aliphatic rings. The van der Waals surface area contributed by atoms with Gasteiger partial charge in [0.15, 0.2) is 0 Å². The summed E-state index contributed by atoms with van der Waals surface area (Å²) in [5.74, 6) is 0. The Morgan fingerprint density at radius 1 is 1.03 bits per heavy atom. The summed E-state index contributed by atoms with van der Waals surface area (Å²) in [5, 5.41) is 0.761. The maximum Gasteiger partial charge on any atom is 0.324 e. The van der Waals surface area contributed by atoms with Crippen molar-refractivity contribution in [2.75, 3.05) is 24.5 Å². The van der Waals surface area contributed by atoms with Crippen molar-refractivity contribution < 1.29 is 4.79 Å². The first-order valence-electron chi connectivity index (χ1n) is 10.2. The Balaban J connectivity index is 0.00000240. The first-order valence-corrected chi connectivity index (χ1v) is 10.6. The van der Waals surface area contributed by atoms with Crippen LogP contribution in [0.2, 0.25) is 5.02 Å². The van der Waals surface area contributed by atoms with Gasteiger partial charge in [-0.15, -0.1) is 12.4 Å². The van der Waals surface area contributed by atoms with Gasteiger partial charge in [-0.2, -0.15) is 0 Å². The Hall–Kier alpha value is -1.75. The fraction of sp³-hybridized carbons (Fsp3) is 0.435. The Morgan fingerprint density at radius 2 is 1.76 bits per heavy atom. The molecule has 0 bridgehead atoms. The zero-order valence-corrected chi connectivity index (χ0v) is 18.2. The van der Waals surface area contributed by atoms with Crippen LogP contribution in [0.4, 0.5) is 10.5 Å². The third-order valence-electron chi connectivity index (χ3n) is 6.51. The molecule has 0 radical (unpaired) electrons. The number of rotatable bonds is 4. The van der Waals surface area contributed by atoms with E-state index in [1.54, 1.807) is 0 Å². The van der Waals surface area contributed by atoms with Gasteiger partial charge in [-0.25, -0.2) is 4.79 Å². The number of hydrogen-bond acceptors (Lipinski definition) is 2. The summed E-state index contributed by atoms with van der Waals surface area (Å²) in [6.45, 7) is 2.26. The first kappa shape index (κ1) is 21.9. The summed E-state index contributed by atoms with van der Waals surface area (Å²) in [5.41, 5.74) is 8.43. The summed E-state index contributed by atoms with van der Waals surface area (Å²) < 4.78 is 0. The highest BCUT2D eigenvalue weighted by Crippen LogP contribution is 2.41. The number of nitrogens with zero attached hydrogens (tertiary/aromatic N) is 2. The Bertz CT molecular complexity index is 822. The Kier molecular flexibility index (Phi) is 7.10. The van der Waals surface area contributed by atoms with E-state index in [9.17, 15) is 4.79 Å². The molecule has 156 valence electrons. The highest BCUT2D eigenvalue weighted by atomic mass is 35.5. The first-order chi connectivity index (χ1) is 13.6. The van der Waals surface area contributed by atoms with Crippen molar-refractivity contribution in [2.24, 2.45) is 5.73 Å². The minimum Gasteiger partial charge on any atom is -0.330 e. The highest BCUT2D eigenvalue weighted by Gasteiger charge is 2.40. The lowest BCUT2D eigenvalue weighted by Crippen LogP contribution is -2.55. The number of nitrogens with two attached hydrogens (primary N) is 1. The largest absolute Gasteiger partial charge is 0.330 e. The van der Waals surface area contributed by atoms with E-state index in [4.69, 9.17) is 17.3 Å². The van der Waals surface area contributed by atoms with Crippen molar-refractivity contribution in [2.45, 2.75) is 43.6 Å². The van der Waals surface area contributed by atoms with Gasteiger partial charge in [0.1, 0.15) is 0 Å². The second kappa shape index (κ2) is 9.38. The van der Waals surface area contributed by atoms with Crippen LogP contribution in [0.5, 0.6) is 0 Å². The normalized spacial score (nSPS) is 24.9. The molecule has 1 saturated heterocycles. The van der Waals surface area contributed by atoms with Gasteiger partial charge in [0.2, 0.25) is 0 Å². The summed E-state index contributed by atoms with van der Waals surface area (Å²) in [4.78, 5) is 17.2. The topological polar surface area (TPSA) is 49.6 Å². The van der Waals surface area contributed by atoms with Crippen molar-refractivity contribution in [1.82, 2.24) is 4.90 Å². The van der Waals surface area contributed by atoms with Crippen LogP contribution in [0.25, 0.3) is 0 Å². The predicted octanol–water partition coefficient (Wildman–Crippen LogP) is 5.23. The molecule has 2 aromatic rings. The minimum atomic E-state index is -0.0284. The van der Waals surface area contributed by atoms with Crippen molar-refractivity contribution in [1.29, 1.82) is 0 Å². The van der Waals surface area contributed by atoms with Gasteiger partial charge in [-0.1, -0.05) is 41.9 Å². The molecule has 0 spiro atoms. The van der Waals surface area contributed by atoms with E-state index in [1.807, 2.05) is 47.4 Å². The summed E-state index contributed by atoms with van der Waals surface area (Å²) in [7, 11) is 0. The number of para-hydroxylation sites is 1. The molecular formula is C23H29Cl2N3O. The molecule has 1 heterocycles. The van der Waals surface area contributed by atoms with Gasteiger partial charge in [0, 0.05) is 41.8 Å². The second-order valence-electron chi connectivity index (χ2n) is 8.04. The number of urea groups is 1. The van der Waals surface area contributed by atoms with E-state index in [1.165, 1.54) is 5.56 Å². The highest BCUT2D eigenvalue weighted by molar-refractivity contribution is 6.30. The van der Waals surface area contributed by atoms with Gasteiger partial charge < -0.3 is 10.6 Å². The number of benzene rings is 2. The van der Waals surface area contributed by atoms with Gasteiger partial charge in [0.25, 0.3) is 0 Å². The van der Waals surface area contributed by atoms with Crippen LogP contribution >= 0.6 is 24.0 Å². The average molecular weight is 434 g/mol. The van der Waals surface area contributed by atoms with Crippen molar-refractivity contribution in [3.8, 4) is 0 Å². The lowest BCUT2D eigenvalue weighted by atomic mass is 9.68. The molecule has 2 N–H and O–H groups in total. The third kappa shape index (κ3) is 4.40. The zero-order chi connectivity index (χ0) is 19.6. The van der Waals surface area contributed by atoms with Crippen LogP contribution in [-0.4, -0.2) is 36.6 Å². The number of hydrogen-bond donors (Lipinski definition) is 1. The molecule has 4 nitrogen and oxygen atoms in total. The molecule has 2 amide bonds. The lowest BCUT2D eigenvalue weighted by Gasteiger charge is -2.46. The third-order valence-corrected chi connectivity index (χ3v) is 6.74. The fourth-order valence-corrected chi connectivity index (χ4v) is 5.02. The van der Waals surface area contributed by atoms with Crippen LogP contribution in [0, 0.1) is 0 Å². The Labute approximate surface area is 184 Å². The minimum absolute atomic E-state index is 0. The van der Waals surface area contributed by atoms with Gasteiger partial charge in [0.05, 0.1) is 0 Å². The number of carbonyl (C=O) groups is 1. The average Bonchev–Trinajstić information content (AvgIpc) is 2.75. The molecular weight excluding hydrogens is 405 g/mol. The maximum absolute atomic E-state index is 13.2. The van der Waals surface area contributed by atoms with Crippen molar-refractivity contribution in [3.63, 3.8) is 0 Å². The van der Waals surface area contributed by atoms with Crippen molar-refractivity contribution in [3.05, 3.63) is 65.2 Å². The molecule has 0 unspecified atom stereocenters. The Morgan fingerprint density at radius 3 is 2.41 bits per heavy atom. The molecule has 1 aliphatic heterocycles. The molecule has 1 saturated carbocycles. The molecule has 2 aromatic carbocycles. The number of carbonyl (C=O) groups excluding carboxylic acids is 1. The summed E-state index contributed by atoms with van der Waals surface area (Å²) >= 11 is 6.23.